The zero-order valence-electron chi connectivity index (χ0n) is 7.39. The monoisotopic (exact) mass is 243 g/mol. The molecule has 0 fully saturated rings. The largest absolute Gasteiger partial charge is 0.453 e. The van der Waals surface area contributed by atoms with Gasteiger partial charge in [-0.1, -0.05) is 6.58 Å². The predicted molar refractivity (Wildman–Crippen MR) is 39.9 cm³/mol. The van der Waals surface area contributed by atoms with Gasteiger partial charge in [0.2, 0.25) is 5.82 Å². The number of nitrogens with zero attached hydrogens (tertiary/aromatic N) is 3. The van der Waals surface area contributed by atoms with Crippen LogP contribution in [-0.2, 0) is 12.4 Å². The lowest BCUT2D eigenvalue weighted by molar-refractivity contribution is -0.150. The fraction of sp³-hybridized carbons (Fsp3) is 0.286. The molecule has 0 amide bonds. The van der Waals surface area contributed by atoms with Crippen molar-refractivity contribution in [2.24, 2.45) is 0 Å². The molecule has 88 valence electrons. The molecule has 0 aliphatic heterocycles. The van der Waals surface area contributed by atoms with E-state index in [4.69, 9.17) is 0 Å². The Bertz CT molecular complexity index is 434. The van der Waals surface area contributed by atoms with Crippen LogP contribution in [0.4, 0.5) is 26.3 Å². The molecule has 1 rings (SSSR count). The Balaban J connectivity index is 3.37. The van der Waals surface area contributed by atoms with Crippen molar-refractivity contribution in [3.63, 3.8) is 0 Å². The second kappa shape index (κ2) is 3.67. The van der Waals surface area contributed by atoms with Crippen molar-refractivity contribution < 1.29 is 26.3 Å². The molecule has 0 aliphatic rings. The highest BCUT2D eigenvalue weighted by molar-refractivity contribution is 5.21. The van der Waals surface area contributed by atoms with E-state index in [0.717, 1.165) is 0 Å². The molecule has 1 aromatic rings. The van der Waals surface area contributed by atoms with Crippen LogP contribution < -0.4 is 0 Å². The Kier molecular flexibility index (Phi) is 2.83. The average molecular weight is 243 g/mol. The van der Waals surface area contributed by atoms with Gasteiger partial charge in [-0.05, 0) is 0 Å². The van der Waals surface area contributed by atoms with E-state index in [1.165, 1.54) is 0 Å². The van der Waals surface area contributed by atoms with Crippen LogP contribution in [0.2, 0.25) is 0 Å². The van der Waals surface area contributed by atoms with Crippen molar-refractivity contribution in [1.29, 1.82) is 0 Å². The summed E-state index contributed by atoms with van der Waals surface area (Å²) in [4.78, 5) is 2.37. The Morgan fingerprint density at radius 3 is 2.06 bits per heavy atom. The second-order valence-electron chi connectivity index (χ2n) is 2.53. The molecule has 0 saturated heterocycles. The highest BCUT2D eigenvalue weighted by atomic mass is 19.4. The standard InChI is InChI=1S/C7H3F6N3/c1-2-3-16-5(7(11,12)13)14-4(15-16)6(8,9)10/h3H,1H2. The summed E-state index contributed by atoms with van der Waals surface area (Å²) in [6, 6.07) is 0. The predicted octanol–water partition coefficient (Wildman–Crippen LogP) is 2.57. The molecule has 0 aliphatic carbocycles. The van der Waals surface area contributed by atoms with Crippen molar-refractivity contribution in [2.45, 2.75) is 12.4 Å². The molecular formula is C7H3F6N3. The molecular weight excluding hydrogens is 240 g/mol. The summed E-state index contributed by atoms with van der Waals surface area (Å²) in [6.45, 7) is 2.93. The van der Waals surface area contributed by atoms with Gasteiger partial charge in [0.15, 0.2) is 0 Å². The number of hydrogen-bond donors (Lipinski definition) is 0. The van der Waals surface area contributed by atoms with E-state index < -0.39 is 24.0 Å². The van der Waals surface area contributed by atoms with Gasteiger partial charge in [-0.2, -0.15) is 31.3 Å². The van der Waals surface area contributed by atoms with Gasteiger partial charge in [0.1, 0.15) is 0 Å². The van der Waals surface area contributed by atoms with Crippen molar-refractivity contribution in [2.75, 3.05) is 0 Å². The molecule has 0 aromatic carbocycles. The van der Waals surface area contributed by atoms with Crippen molar-refractivity contribution in [3.05, 3.63) is 24.0 Å². The lowest BCUT2D eigenvalue weighted by Gasteiger charge is -2.02. The molecule has 9 heteroatoms. The molecule has 16 heavy (non-hydrogen) atoms. The summed E-state index contributed by atoms with van der Waals surface area (Å²) >= 11 is 0. The molecule has 0 bridgehead atoms. The van der Waals surface area contributed by atoms with Crippen LogP contribution in [0, 0.1) is 0 Å². The van der Waals surface area contributed by atoms with Crippen molar-refractivity contribution in [1.82, 2.24) is 14.8 Å². The molecule has 0 spiro atoms. The SMILES string of the molecule is C=C=Cn1nc(C(F)(F)F)nc1C(F)(F)F. The third-order valence-electron chi connectivity index (χ3n) is 1.35. The van der Waals surface area contributed by atoms with E-state index in [1.807, 2.05) is 5.73 Å². The van der Waals surface area contributed by atoms with E-state index in [2.05, 4.69) is 16.7 Å². The molecule has 0 radical (unpaired) electrons. The Hall–Kier alpha value is -1.76. The first-order chi connectivity index (χ1) is 7.16. The Labute approximate surface area is 84.7 Å². The van der Waals surface area contributed by atoms with E-state index in [1.54, 1.807) is 0 Å². The molecule has 0 atom stereocenters. The van der Waals surface area contributed by atoms with Gasteiger partial charge in [0.25, 0.3) is 5.82 Å². The van der Waals surface area contributed by atoms with Crippen LogP contribution in [0.15, 0.2) is 12.3 Å². The van der Waals surface area contributed by atoms with Gasteiger partial charge >= 0.3 is 12.4 Å². The minimum absolute atomic E-state index is 0.0736. The van der Waals surface area contributed by atoms with E-state index in [0.29, 0.717) is 6.20 Å². The maximum atomic E-state index is 12.2. The third kappa shape index (κ3) is 2.43. The highest BCUT2D eigenvalue weighted by Crippen LogP contribution is 2.32. The number of halogens is 6. The third-order valence-corrected chi connectivity index (χ3v) is 1.35. The fourth-order valence-corrected chi connectivity index (χ4v) is 0.813. The second-order valence-corrected chi connectivity index (χ2v) is 2.53. The first-order valence-corrected chi connectivity index (χ1v) is 3.63. The number of hydrogen-bond acceptors (Lipinski definition) is 2. The maximum absolute atomic E-state index is 12.2. The van der Waals surface area contributed by atoms with Crippen LogP contribution in [0.1, 0.15) is 11.6 Å². The van der Waals surface area contributed by atoms with Crippen molar-refractivity contribution in [3.8, 4) is 0 Å². The number of rotatable bonds is 1. The fourth-order valence-electron chi connectivity index (χ4n) is 0.813. The van der Waals surface area contributed by atoms with Crippen LogP contribution in [0.3, 0.4) is 0 Å². The summed E-state index contributed by atoms with van der Waals surface area (Å²) in [5.74, 6) is -3.65. The van der Waals surface area contributed by atoms with Crippen LogP contribution >= 0.6 is 0 Å². The van der Waals surface area contributed by atoms with Crippen LogP contribution in [-0.4, -0.2) is 14.8 Å². The molecule has 0 saturated carbocycles. The Morgan fingerprint density at radius 1 is 1.12 bits per heavy atom. The van der Waals surface area contributed by atoms with Crippen molar-refractivity contribution >= 4 is 6.20 Å². The van der Waals surface area contributed by atoms with Gasteiger partial charge in [0, 0.05) is 0 Å². The normalized spacial score (nSPS) is 12.4. The molecule has 1 heterocycles. The smallest absolute Gasteiger partial charge is 0.208 e. The van der Waals surface area contributed by atoms with E-state index in [9.17, 15) is 26.3 Å². The first-order valence-electron chi connectivity index (χ1n) is 3.63. The first kappa shape index (κ1) is 12.3. The quantitative estimate of drug-likeness (QED) is 0.560. The highest BCUT2D eigenvalue weighted by Gasteiger charge is 2.43. The zero-order chi connectivity index (χ0) is 12.6. The van der Waals surface area contributed by atoms with E-state index >= 15 is 0 Å². The number of aromatic nitrogens is 3. The minimum Gasteiger partial charge on any atom is -0.208 e. The van der Waals surface area contributed by atoms with Gasteiger partial charge < -0.3 is 0 Å². The van der Waals surface area contributed by atoms with Crippen LogP contribution in [0.5, 0.6) is 0 Å². The molecule has 0 unspecified atom stereocenters. The topological polar surface area (TPSA) is 30.7 Å². The zero-order valence-corrected chi connectivity index (χ0v) is 7.39. The van der Waals surface area contributed by atoms with Gasteiger partial charge in [-0.15, -0.1) is 10.8 Å². The van der Waals surface area contributed by atoms with E-state index in [-0.39, 0.29) is 4.68 Å². The molecule has 0 N–H and O–H groups in total. The summed E-state index contributed by atoms with van der Waals surface area (Å²) < 4.78 is 72.7. The average Bonchev–Trinajstić information content (AvgIpc) is 2.46. The summed E-state index contributed by atoms with van der Waals surface area (Å²) in [6.07, 6.45) is -9.57. The van der Waals surface area contributed by atoms with Crippen LogP contribution in [0.25, 0.3) is 6.20 Å². The lowest BCUT2D eigenvalue weighted by atomic mass is 10.5. The summed E-state index contributed by atoms with van der Waals surface area (Å²) in [5, 5.41) is 2.64. The van der Waals surface area contributed by atoms with Gasteiger partial charge in [-0.3, -0.25) is 0 Å². The molecule has 1 aromatic heterocycles. The minimum atomic E-state index is -5.04. The van der Waals surface area contributed by atoms with Gasteiger partial charge in [-0.25, -0.2) is 4.68 Å². The van der Waals surface area contributed by atoms with Gasteiger partial charge in [0.05, 0.1) is 6.20 Å². The summed E-state index contributed by atoms with van der Waals surface area (Å²) in [5.41, 5.74) is 1.88. The number of alkyl halides is 6. The maximum Gasteiger partial charge on any atom is 0.453 e. The summed E-state index contributed by atoms with van der Waals surface area (Å²) in [7, 11) is 0. The molecule has 3 nitrogen and oxygen atoms in total. The lowest BCUT2D eigenvalue weighted by Crippen LogP contribution is -2.12. The Morgan fingerprint density at radius 2 is 1.69 bits per heavy atom.